The molecule has 30 heavy (non-hydrogen) atoms. The van der Waals surface area contributed by atoms with E-state index in [1.54, 1.807) is 29.9 Å². The van der Waals surface area contributed by atoms with Gasteiger partial charge in [-0.3, -0.25) is 14.8 Å². The Morgan fingerprint density at radius 3 is 2.87 bits per heavy atom. The lowest BCUT2D eigenvalue weighted by molar-refractivity contribution is -0.137. The van der Waals surface area contributed by atoms with Crippen molar-refractivity contribution in [3.63, 3.8) is 0 Å². The Kier molecular flexibility index (Phi) is 5.54. The fourth-order valence-electron chi connectivity index (χ4n) is 4.12. The van der Waals surface area contributed by atoms with Crippen molar-refractivity contribution in [2.75, 3.05) is 25.4 Å². The van der Waals surface area contributed by atoms with Crippen molar-refractivity contribution in [3.8, 4) is 10.6 Å². The van der Waals surface area contributed by atoms with Crippen molar-refractivity contribution in [3.05, 3.63) is 59.5 Å². The van der Waals surface area contributed by atoms with Gasteiger partial charge in [0.1, 0.15) is 5.60 Å². The first-order valence-corrected chi connectivity index (χ1v) is 11.9. The highest BCUT2D eigenvalue weighted by Gasteiger charge is 2.43. The van der Waals surface area contributed by atoms with Gasteiger partial charge < -0.3 is 9.64 Å². The Bertz CT molecular complexity index is 1020. The van der Waals surface area contributed by atoms with Crippen LogP contribution in [0.25, 0.3) is 10.6 Å². The van der Waals surface area contributed by atoms with E-state index in [1.165, 1.54) is 22.2 Å². The lowest BCUT2D eigenvalue weighted by atomic mass is 9.85. The summed E-state index contributed by atoms with van der Waals surface area (Å²) in [7, 11) is 0. The normalized spacial score (nSPS) is 17.7. The van der Waals surface area contributed by atoms with E-state index >= 15 is 0 Å². The van der Waals surface area contributed by atoms with Gasteiger partial charge in [0.15, 0.2) is 0 Å². The molecule has 6 nitrogen and oxygen atoms in total. The van der Waals surface area contributed by atoms with E-state index in [2.05, 4.69) is 21.0 Å². The van der Waals surface area contributed by atoms with Crippen LogP contribution in [-0.4, -0.2) is 51.2 Å². The van der Waals surface area contributed by atoms with E-state index in [0.29, 0.717) is 5.75 Å². The van der Waals surface area contributed by atoms with Gasteiger partial charge in [-0.2, -0.15) is 0 Å². The highest BCUT2D eigenvalue weighted by atomic mass is 32.2. The molecule has 154 valence electrons. The molecule has 0 unspecified atom stereocenters. The third kappa shape index (κ3) is 3.87. The first-order valence-electron chi connectivity index (χ1n) is 10.1. The molecule has 0 N–H and O–H groups in total. The monoisotopic (exact) mass is 438 g/mol. The largest absolute Gasteiger partial charge is 0.369 e. The Morgan fingerprint density at radius 1 is 1.20 bits per heavy atom. The number of nitrogens with zero attached hydrogens (tertiary/aromatic N) is 4. The molecular weight excluding hydrogens is 416 g/mol. The third-order valence-electron chi connectivity index (χ3n) is 5.69. The van der Waals surface area contributed by atoms with Gasteiger partial charge in [0.05, 0.1) is 34.2 Å². The van der Waals surface area contributed by atoms with Gasteiger partial charge in [-0.15, -0.1) is 11.3 Å². The molecule has 5 rings (SSSR count). The molecule has 0 aliphatic carbocycles. The summed E-state index contributed by atoms with van der Waals surface area (Å²) in [6.45, 7) is 2.17. The number of amides is 1. The molecule has 1 spiro atoms. The van der Waals surface area contributed by atoms with Gasteiger partial charge in [0.25, 0.3) is 0 Å². The second-order valence-corrected chi connectivity index (χ2v) is 9.53. The number of carbonyl (C=O) groups is 1. The summed E-state index contributed by atoms with van der Waals surface area (Å²) in [5.74, 6) is 0.592. The minimum atomic E-state index is -0.274. The van der Waals surface area contributed by atoms with Gasteiger partial charge in [0, 0.05) is 36.6 Å². The zero-order valence-electron chi connectivity index (χ0n) is 16.5. The summed E-state index contributed by atoms with van der Waals surface area (Å²) in [4.78, 5) is 30.1. The number of carbonyl (C=O) groups excluding carboxylic acids is 1. The molecule has 3 aromatic heterocycles. The standard InChI is InChI=1S/C22H22N4O2S2/c27-20(15-29-19-3-1-2-7-25-19)26-10-5-22(6-11-26)21-16(4-12-28-22)13-18(30-21)17-14-23-8-9-24-17/h1-3,7-9,13-14H,4-6,10-12,15H2. The summed E-state index contributed by atoms with van der Waals surface area (Å²) in [5, 5.41) is 0.884. The van der Waals surface area contributed by atoms with E-state index < -0.39 is 0 Å². The maximum atomic E-state index is 12.7. The van der Waals surface area contributed by atoms with Crippen LogP contribution in [0.15, 0.2) is 54.1 Å². The number of thiophene rings is 1. The van der Waals surface area contributed by atoms with Crippen molar-refractivity contribution in [2.45, 2.75) is 29.9 Å². The van der Waals surface area contributed by atoms with Gasteiger partial charge >= 0.3 is 0 Å². The number of rotatable bonds is 4. The van der Waals surface area contributed by atoms with Crippen LogP contribution in [0.2, 0.25) is 0 Å². The molecule has 2 aliphatic rings. The van der Waals surface area contributed by atoms with Crippen LogP contribution in [0.5, 0.6) is 0 Å². The SMILES string of the molecule is O=C(CSc1ccccn1)N1CCC2(CC1)OCCc1cc(-c3cnccn3)sc12. The smallest absolute Gasteiger partial charge is 0.232 e. The van der Waals surface area contributed by atoms with Crippen molar-refractivity contribution in [1.29, 1.82) is 0 Å². The molecule has 1 saturated heterocycles. The minimum absolute atomic E-state index is 0.169. The molecule has 0 aromatic carbocycles. The van der Waals surface area contributed by atoms with Crippen LogP contribution in [0, 0.1) is 0 Å². The van der Waals surface area contributed by atoms with E-state index in [9.17, 15) is 4.79 Å². The Balaban J connectivity index is 1.27. The van der Waals surface area contributed by atoms with E-state index in [1.807, 2.05) is 29.3 Å². The number of likely N-dealkylation sites (tertiary alicyclic amines) is 1. The summed E-state index contributed by atoms with van der Waals surface area (Å²) >= 11 is 3.26. The van der Waals surface area contributed by atoms with Crippen molar-refractivity contribution >= 4 is 29.0 Å². The minimum Gasteiger partial charge on any atom is -0.369 e. The quantitative estimate of drug-likeness (QED) is 0.578. The highest BCUT2D eigenvalue weighted by molar-refractivity contribution is 7.99. The van der Waals surface area contributed by atoms with Crippen LogP contribution in [0.3, 0.4) is 0 Å². The fourth-order valence-corrected chi connectivity index (χ4v) is 6.26. The second kappa shape index (κ2) is 8.45. The number of hydrogen-bond donors (Lipinski definition) is 0. The number of hydrogen-bond acceptors (Lipinski definition) is 7. The summed E-state index contributed by atoms with van der Waals surface area (Å²) in [6.07, 6.45) is 9.59. The number of thioether (sulfide) groups is 1. The predicted molar refractivity (Wildman–Crippen MR) is 117 cm³/mol. The van der Waals surface area contributed by atoms with Crippen molar-refractivity contribution in [1.82, 2.24) is 19.9 Å². The lowest BCUT2D eigenvalue weighted by Crippen LogP contribution is -2.48. The number of aromatic nitrogens is 3. The van der Waals surface area contributed by atoms with Crippen LogP contribution in [0.1, 0.15) is 23.3 Å². The molecule has 0 radical (unpaired) electrons. The number of ether oxygens (including phenoxy) is 1. The third-order valence-corrected chi connectivity index (χ3v) is 8.01. The van der Waals surface area contributed by atoms with Gasteiger partial charge in [-0.1, -0.05) is 17.8 Å². The zero-order chi connectivity index (χ0) is 20.4. The second-order valence-electron chi connectivity index (χ2n) is 7.49. The van der Waals surface area contributed by atoms with Crippen molar-refractivity contribution in [2.24, 2.45) is 0 Å². The first-order chi connectivity index (χ1) is 14.7. The molecule has 0 atom stereocenters. The molecule has 8 heteroatoms. The van der Waals surface area contributed by atoms with Crippen LogP contribution >= 0.6 is 23.1 Å². The zero-order valence-corrected chi connectivity index (χ0v) is 18.1. The van der Waals surface area contributed by atoms with Gasteiger partial charge in [-0.25, -0.2) is 4.98 Å². The topological polar surface area (TPSA) is 68.2 Å². The maximum Gasteiger partial charge on any atom is 0.232 e. The summed E-state index contributed by atoms with van der Waals surface area (Å²) in [5.41, 5.74) is 1.99. The molecule has 0 saturated carbocycles. The molecule has 3 aromatic rings. The molecule has 0 bridgehead atoms. The molecule has 5 heterocycles. The van der Waals surface area contributed by atoms with Crippen LogP contribution in [-0.2, 0) is 21.6 Å². The van der Waals surface area contributed by atoms with E-state index in [-0.39, 0.29) is 11.5 Å². The maximum absolute atomic E-state index is 12.7. The lowest BCUT2D eigenvalue weighted by Gasteiger charge is -2.43. The van der Waals surface area contributed by atoms with Crippen LogP contribution < -0.4 is 0 Å². The number of pyridine rings is 1. The average molecular weight is 439 g/mol. The van der Waals surface area contributed by atoms with Gasteiger partial charge in [0.2, 0.25) is 5.91 Å². The molecule has 1 fully saturated rings. The Morgan fingerprint density at radius 2 is 2.10 bits per heavy atom. The van der Waals surface area contributed by atoms with Crippen LogP contribution in [0.4, 0.5) is 0 Å². The predicted octanol–water partition coefficient (Wildman–Crippen LogP) is 3.78. The van der Waals surface area contributed by atoms with Gasteiger partial charge in [-0.05, 0) is 43.0 Å². The van der Waals surface area contributed by atoms with Crippen molar-refractivity contribution < 1.29 is 9.53 Å². The highest BCUT2D eigenvalue weighted by Crippen LogP contribution is 2.47. The first kappa shape index (κ1) is 19.7. The van der Waals surface area contributed by atoms with E-state index in [0.717, 1.165) is 54.6 Å². The Hall–Kier alpha value is -2.29. The fraction of sp³-hybridized carbons (Fsp3) is 0.364. The Labute approximate surface area is 183 Å². The number of fused-ring (bicyclic) bond motifs is 2. The molecular formula is C22H22N4O2S2. The average Bonchev–Trinajstić information content (AvgIpc) is 3.26. The summed E-state index contributed by atoms with van der Waals surface area (Å²) in [6, 6.07) is 8.01. The van der Waals surface area contributed by atoms with E-state index in [4.69, 9.17) is 4.74 Å². The summed E-state index contributed by atoms with van der Waals surface area (Å²) < 4.78 is 6.36. The molecule has 2 aliphatic heterocycles. The molecule has 1 amide bonds. The number of piperidine rings is 1.